The number of ether oxygens (including phenoxy) is 3. The summed E-state index contributed by atoms with van der Waals surface area (Å²) in [4.78, 5) is 33.7. The van der Waals surface area contributed by atoms with Crippen molar-refractivity contribution >= 4 is 39.9 Å². The van der Waals surface area contributed by atoms with Crippen molar-refractivity contribution in [3.63, 3.8) is 0 Å². The summed E-state index contributed by atoms with van der Waals surface area (Å²) in [5, 5.41) is 1.81. The largest absolute Gasteiger partial charge is 0.497 e. The van der Waals surface area contributed by atoms with Crippen molar-refractivity contribution in [3.05, 3.63) is 169 Å². The molecule has 0 amide bonds. The molecule has 1 aliphatic rings. The molecule has 0 unspecified atom stereocenters. The molecule has 244 valence electrons. The van der Waals surface area contributed by atoms with E-state index in [2.05, 4.69) is 0 Å². The Kier molecular flexibility index (Phi) is 8.91. The zero-order valence-corrected chi connectivity index (χ0v) is 27.6. The zero-order chi connectivity index (χ0) is 33.9. The van der Waals surface area contributed by atoms with E-state index in [-0.39, 0.29) is 30.2 Å². The SMILES string of the molecule is CCOC(=O)C1=C(c2ccccc2)N=c2s/c(=C\c3c(OCc4ccccc4F)ccc4ccccc34)c(=O)n2[C@H]1c1ccc(OC)cc1. The van der Waals surface area contributed by atoms with E-state index < -0.39 is 12.0 Å². The number of esters is 1. The second-order valence-corrected chi connectivity index (χ2v) is 12.3. The number of benzene rings is 5. The van der Waals surface area contributed by atoms with Crippen LogP contribution in [0.25, 0.3) is 22.5 Å². The van der Waals surface area contributed by atoms with E-state index in [1.165, 1.54) is 17.4 Å². The molecule has 0 fully saturated rings. The third-order valence-electron chi connectivity index (χ3n) is 8.35. The van der Waals surface area contributed by atoms with Crippen molar-refractivity contribution in [3.8, 4) is 11.5 Å². The number of fused-ring (bicyclic) bond motifs is 2. The van der Waals surface area contributed by atoms with E-state index in [1.54, 1.807) is 55.0 Å². The lowest BCUT2D eigenvalue weighted by Crippen LogP contribution is -2.40. The number of hydrogen-bond donors (Lipinski definition) is 0. The van der Waals surface area contributed by atoms with Crippen LogP contribution < -0.4 is 24.4 Å². The molecule has 9 heteroatoms. The molecule has 0 N–H and O–H groups in total. The minimum Gasteiger partial charge on any atom is -0.497 e. The number of halogens is 1. The summed E-state index contributed by atoms with van der Waals surface area (Å²) in [6, 6.07) is 33.9. The number of methoxy groups -OCH3 is 1. The first-order valence-corrected chi connectivity index (χ1v) is 16.6. The van der Waals surface area contributed by atoms with E-state index in [1.807, 2.05) is 78.9 Å². The fourth-order valence-corrected chi connectivity index (χ4v) is 6.98. The van der Waals surface area contributed by atoms with Crippen molar-refractivity contribution in [2.45, 2.75) is 19.6 Å². The molecular weight excluding hydrogens is 640 g/mol. The lowest BCUT2D eigenvalue weighted by Gasteiger charge is -2.26. The molecule has 7 rings (SSSR count). The minimum absolute atomic E-state index is 0.00785. The van der Waals surface area contributed by atoms with Gasteiger partial charge in [0.2, 0.25) is 0 Å². The van der Waals surface area contributed by atoms with E-state index in [0.29, 0.717) is 43.2 Å². The van der Waals surface area contributed by atoms with Crippen molar-refractivity contribution in [2.75, 3.05) is 13.7 Å². The lowest BCUT2D eigenvalue weighted by molar-refractivity contribution is -0.138. The van der Waals surface area contributed by atoms with Gasteiger partial charge in [-0.1, -0.05) is 102 Å². The number of hydrogen-bond acceptors (Lipinski definition) is 7. The van der Waals surface area contributed by atoms with E-state index >= 15 is 0 Å². The van der Waals surface area contributed by atoms with Crippen LogP contribution in [0.1, 0.15) is 35.2 Å². The Morgan fingerprint density at radius 2 is 1.65 bits per heavy atom. The smallest absolute Gasteiger partial charge is 0.338 e. The molecule has 0 aliphatic carbocycles. The van der Waals surface area contributed by atoms with E-state index in [4.69, 9.17) is 19.2 Å². The minimum atomic E-state index is -0.831. The Balaban J connectivity index is 1.46. The topological polar surface area (TPSA) is 79.1 Å². The van der Waals surface area contributed by atoms with Crippen LogP contribution in [0.3, 0.4) is 0 Å². The Hall–Kier alpha value is -5.80. The highest BCUT2D eigenvalue weighted by atomic mass is 32.1. The highest BCUT2D eigenvalue weighted by molar-refractivity contribution is 7.07. The number of carbonyl (C=O) groups excluding carboxylic acids is 1. The second kappa shape index (κ2) is 13.7. The Morgan fingerprint density at radius 3 is 2.41 bits per heavy atom. The van der Waals surface area contributed by atoms with Gasteiger partial charge in [0.1, 0.15) is 23.9 Å². The molecule has 1 aliphatic heterocycles. The molecule has 0 saturated heterocycles. The summed E-state index contributed by atoms with van der Waals surface area (Å²) < 4.78 is 33.6. The van der Waals surface area contributed by atoms with Crippen LogP contribution in [0.2, 0.25) is 0 Å². The summed E-state index contributed by atoms with van der Waals surface area (Å²) in [5.41, 5.74) is 2.88. The number of carbonyl (C=O) groups is 1. The van der Waals surface area contributed by atoms with Gasteiger partial charge in [-0.2, -0.15) is 0 Å². The molecule has 2 heterocycles. The average Bonchev–Trinajstić information content (AvgIpc) is 3.45. The molecule has 0 bridgehead atoms. The molecular formula is C40H31FN2O5S. The standard InChI is InChI=1S/C40H31FN2O5S/c1-3-47-39(45)35-36(26-12-5-4-6-13-26)42-40-43(37(35)27-17-20-29(46-2)21-18-27)38(44)34(49-40)23-31-30-15-9-7-11-25(30)19-22-33(31)48-24-28-14-8-10-16-32(28)41/h4-23,37H,3,24H2,1-2H3/b34-23-/t37-/m0/s1. The van der Waals surface area contributed by atoms with Gasteiger partial charge in [0, 0.05) is 16.7 Å². The Bertz CT molecular complexity index is 2400. The third kappa shape index (κ3) is 6.16. The fraction of sp³-hybridized carbons (Fsp3) is 0.125. The molecule has 5 aromatic carbocycles. The lowest BCUT2D eigenvalue weighted by atomic mass is 9.93. The van der Waals surface area contributed by atoms with Crippen LogP contribution in [0, 0.1) is 5.82 Å². The van der Waals surface area contributed by atoms with Crippen molar-refractivity contribution in [2.24, 2.45) is 4.99 Å². The maximum absolute atomic E-state index is 14.6. The molecule has 49 heavy (non-hydrogen) atoms. The molecule has 6 aromatic rings. The number of rotatable bonds is 9. The van der Waals surface area contributed by atoms with Crippen LogP contribution in [0.4, 0.5) is 4.39 Å². The number of thiazole rings is 1. The van der Waals surface area contributed by atoms with Gasteiger partial charge in [0.05, 0.1) is 35.6 Å². The number of aromatic nitrogens is 1. The highest BCUT2D eigenvalue weighted by Crippen LogP contribution is 2.36. The van der Waals surface area contributed by atoms with Crippen LogP contribution in [-0.2, 0) is 16.1 Å². The predicted octanol–water partition coefficient (Wildman–Crippen LogP) is 6.82. The van der Waals surface area contributed by atoms with Crippen LogP contribution in [0.5, 0.6) is 11.5 Å². The van der Waals surface area contributed by atoms with Gasteiger partial charge in [0.15, 0.2) is 4.80 Å². The van der Waals surface area contributed by atoms with Crippen molar-refractivity contribution in [1.82, 2.24) is 4.57 Å². The first kappa shape index (κ1) is 31.8. The maximum Gasteiger partial charge on any atom is 0.338 e. The Morgan fingerprint density at radius 1 is 0.918 bits per heavy atom. The van der Waals surface area contributed by atoms with Crippen molar-refractivity contribution in [1.29, 1.82) is 0 Å². The molecule has 0 saturated carbocycles. The molecule has 1 atom stereocenters. The van der Waals surface area contributed by atoms with Crippen molar-refractivity contribution < 1.29 is 23.4 Å². The zero-order valence-electron chi connectivity index (χ0n) is 26.8. The number of nitrogens with zero attached hydrogens (tertiary/aromatic N) is 2. The maximum atomic E-state index is 14.6. The molecule has 7 nitrogen and oxygen atoms in total. The first-order valence-electron chi connectivity index (χ1n) is 15.8. The van der Waals surface area contributed by atoms with Gasteiger partial charge in [-0.25, -0.2) is 14.2 Å². The van der Waals surface area contributed by atoms with Crippen LogP contribution in [0.15, 0.2) is 131 Å². The van der Waals surface area contributed by atoms with Crippen LogP contribution in [-0.4, -0.2) is 24.3 Å². The Labute approximate surface area is 285 Å². The van der Waals surface area contributed by atoms with Gasteiger partial charge >= 0.3 is 5.97 Å². The monoisotopic (exact) mass is 670 g/mol. The molecule has 0 spiro atoms. The second-order valence-electron chi connectivity index (χ2n) is 11.3. The normalized spacial score (nSPS) is 14.3. The molecule has 0 radical (unpaired) electrons. The van der Waals surface area contributed by atoms with Gasteiger partial charge in [-0.3, -0.25) is 9.36 Å². The highest BCUT2D eigenvalue weighted by Gasteiger charge is 2.35. The van der Waals surface area contributed by atoms with E-state index in [9.17, 15) is 14.0 Å². The van der Waals surface area contributed by atoms with Gasteiger partial charge in [0.25, 0.3) is 5.56 Å². The summed E-state index contributed by atoms with van der Waals surface area (Å²) >= 11 is 1.22. The summed E-state index contributed by atoms with van der Waals surface area (Å²) in [6.45, 7) is 1.91. The summed E-state index contributed by atoms with van der Waals surface area (Å²) in [7, 11) is 1.58. The quantitative estimate of drug-likeness (QED) is 0.158. The first-order chi connectivity index (χ1) is 24.0. The fourth-order valence-electron chi connectivity index (χ4n) is 5.99. The van der Waals surface area contributed by atoms with Gasteiger partial charge in [-0.05, 0) is 53.6 Å². The summed E-state index contributed by atoms with van der Waals surface area (Å²) in [6.07, 6.45) is 1.80. The van der Waals surface area contributed by atoms with E-state index in [0.717, 1.165) is 16.3 Å². The van der Waals surface area contributed by atoms with Gasteiger partial charge < -0.3 is 14.2 Å². The van der Waals surface area contributed by atoms with Gasteiger partial charge in [-0.15, -0.1) is 0 Å². The van der Waals surface area contributed by atoms with Crippen LogP contribution >= 0.6 is 11.3 Å². The summed E-state index contributed by atoms with van der Waals surface area (Å²) in [5.74, 6) is 0.220. The third-order valence-corrected chi connectivity index (χ3v) is 9.34. The molecule has 1 aromatic heterocycles. The average molecular weight is 671 g/mol. The predicted molar refractivity (Wildman–Crippen MR) is 189 cm³/mol.